The Balaban J connectivity index is 2.59. The van der Waals surface area contributed by atoms with E-state index >= 15 is 0 Å². The number of hydrogen-bond donors (Lipinski definition) is 1. The predicted molar refractivity (Wildman–Crippen MR) is 47.3 cm³/mol. The molecule has 0 bridgehead atoms. The van der Waals surface area contributed by atoms with Crippen LogP contribution in [-0.4, -0.2) is 10.1 Å². The summed E-state index contributed by atoms with van der Waals surface area (Å²) in [6, 6.07) is 2.00. The number of rotatable bonds is 3. The van der Waals surface area contributed by atoms with Crippen molar-refractivity contribution < 1.29 is 5.11 Å². The van der Waals surface area contributed by atoms with Crippen LogP contribution in [0.25, 0.3) is 6.08 Å². The molecule has 1 aromatic rings. The lowest BCUT2D eigenvalue weighted by Crippen LogP contribution is -1.80. The first-order valence-corrected chi connectivity index (χ1v) is 4.33. The Morgan fingerprint density at radius 3 is 3.17 bits per heavy atom. The van der Waals surface area contributed by atoms with Gasteiger partial charge in [0.15, 0.2) is 0 Å². The number of aliphatic hydroxyl groups excluding tert-OH is 1. The number of allylic oxidation sites excluding steroid dienone is 1. The van der Waals surface area contributed by atoms with Crippen LogP contribution in [0.15, 0.2) is 11.5 Å². The van der Waals surface area contributed by atoms with Gasteiger partial charge in [0, 0.05) is 5.38 Å². The van der Waals surface area contributed by atoms with E-state index in [-0.39, 0.29) is 6.61 Å². The highest BCUT2D eigenvalue weighted by atomic mass is 32.1. The summed E-state index contributed by atoms with van der Waals surface area (Å²) < 4.78 is 0. The van der Waals surface area contributed by atoms with Crippen LogP contribution < -0.4 is 0 Å². The summed E-state index contributed by atoms with van der Waals surface area (Å²) in [5, 5.41) is 19.6. The van der Waals surface area contributed by atoms with E-state index in [9.17, 15) is 0 Å². The van der Waals surface area contributed by atoms with Gasteiger partial charge >= 0.3 is 0 Å². The van der Waals surface area contributed by atoms with Gasteiger partial charge in [-0.2, -0.15) is 5.26 Å². The molecule has 1 N–H and O–H groups in total. The molecule has 0 aliphatic carbocycles. The standard InChI is InChI=1S/C8H8N2OS/c9-4-2-1-3-8-10-7(5-11)6-12-8/h1,3,6,11H,2,5H2. The van der Waals surface area contributed by atoms with Gasteiger partial charge in [0.2, 0.25) is 0 Å². The van der Waals surface area contributed by atoms with E-state index in [0.29, 0.717) is 12.1 Å². The molecule has 1 heterocycles. The molecule has 3 nitrogen and oxygen atoms in total. The van der Waals surface area contributed by atoms with Gasteiger partial charge in [-0.3, -0.25) is 0 Å². The lowest BCUT2D eigenvalue weighted by Gasteiger charge is -1.82. The van der Waals surface area contributed by atoms with Gasteiger partial charge in [-0.05, 0) is 6.08 Å². The number of thiazole rings is 1. The van der Waals surface area contributed by atoms with E-state index in [1.54, 1.807) is 17.5 Å². The van der Waals surface area contributed by atoms with Crippen molar-refractivity contribution in [3.63, 3.8) is 0 Å². The van der Waals surface area contributed by atoms with Crippen LogP contribution in [0.5, 0.6) is 0 Å². The SMILES string of the molecule is N#CCC=Cc1nc(CO)cs1. The van der Waals surface area contributed by atoms with E-state index < -0.39 is 0 Å². The molecular weight excluding hydrogens is 172 g/mol. The molecule has 0 aliphatic rings. The summed E-state index contributed by atoms with van der Waals surface area (Å²) in [4.78, 5) is 4.07. The molecule has 12 heavy (non-hydrogen) atoms. The minimum Gasteiger partial charge on any atom is -0.390 e. The molecule has 62 valence electrons. The Kier molecular flexibility index (Phi) is 3.45. The normalized spacial score (nSPS) is 10.3. The number of nitriles is 1. The summed E-state index contributed by atoms with van der Waals surface area (Å²) in [7, 11) is 0. The lowest BCUT2D eigenvalue weighted by molar-refractivity contribution is 0.277. The summed E-state index contributed by atoms with van der Waals surface area (Å²) >= 11 is 1.46. The summed E-state index contributed by atoms with van der Waals surface area (Å²) in [6.45, 7) is -0.0252. The summed E-state index contributed by atoms with van der Waals surface area (Å²) in [5.74, 6) is 0. The van der Waals surface area contributed by atoms with Gasteiger partial charge < -0.3 is 5.11 Å². The molecule has 0 unspecified atom stereocenters. The zero-order valence-electron chi connectivity index (χ0n) is 6.40. The lowest BCUT2D eigenvalue weighted by atomic mass is 10.4. The maximum absolute atomic E-state index is 8.69. The molecule has 0 atom stereocenters. The van der Waals surface area contributed by atoms with E-state index in [0.717, 1.165) is 5.01 Å². The van der Waals surface area contributed by atoms with Crippen LogP contribution in [0.2, 0.25) is 0 Å². The number of hydrogen-bond acceptors (Lipinski definition) is 4. The highest BCUT2D eigenvalue weighted by molar-refractivity contribution is 7.10. The quantitative estimate of drug-likeness (QED) is 0.768. The van der Waals surface area contributed by atoms with Crippen LogP contribution in [0.4, 0.5) is 0 Å². The molecule has 4 heteroatoms. The van der Waals surface area contributed by atoms with E-state index in [2.05, 4.69) is 4.98 Å². The fourth-order valence-corrected chi connectivity index (χ4v) is 1.41. The summed E-state index contributed by atoms with van der Waals surface area (Å²) in [5.41, 5.74) is 0.677. The van der Waals surface area contributed by atoms with Crippen molar-refractivity contribution in [2.75, 3.05) is 0 Å². The molecular formula is C8H8N2OS. The topological polar surface area (TPSA) is 56.9 Å². The fourth-order valence-electron chi connectivity index (χ4n) is 0.684. The maximum atomic E-state index is 8.69. The van der Waals surface area contributed by atoms with Gasteiger partial charge in [-0.1, -0.05) is 6.08 Å². The Bertz CT molecular complexity index is 311. The fraction of sp³-hybridized carbons (Fsp3) is 0.250. The third-order valence-electron chi connectivity index (χ3n) is 1.20. The third kappa shape index (κ3) is 2.46. The number of nitrogens with zero attached hydrogens (tertiary/aromatic N) is 2. The average Bonchev–Trinajstić information content (AvgIpc) is 2.53. The van der Waals surface area contributed by atoms with Crippen LogP contribution in [0.1, 0.15) is 17.1 Å². The molecule has 0 radical (unpaired) electrons. The first-order chi connectivity index (χ1) is 5.86. The van der Waals surface area contributed by atoms with Gasteiger partial charge in [-0.25, -0.2) is 4.98 Å². The van der Waals surface area contributed by atoms with Gasteiger partial charge in [0.05, 0.1) is 24.8 Å². The zero-order valence-corrected chi connectivity index (χ0v) is 7.21. The van der Waals surface area contributed by atoms with Crippen molar-refractivity contribution >= 4 is 17.4 Å². The van der Waals surface area contributed by atoms with Crippen LogP contribution in [-0.2, 0) is 6.61 Å². The van der Waals surface area contributed by atoms with Crippen molar-refractivity contribution in [3.8, 4) is 6.07 Å². The second kappa shape index (κ2) is 4.65. The molecule has 1 aromatic heterocycles. The first kappa shape index (κ1) is 8.91. The first-order valence-electron chi connectivity index (χ1n) is 3.45. The van der Waals surface area contributed by atoms with Crippen molar-refractivity contribution in [1.29, 1.82) is 5.26 Å². The third-order valence-corrected chi connectivity index (χ3v) is 2.06. The predicted octanol–water partition coefficient (Wildman–Crippen LogP) is 1.56. The van der Waals surface area contributed by atoms with E-state index in [4.69, 9.17) is 10.4 Å². The highest BCUT2D eigenvalue weighted by Gasteiger charge is 1.95. The minimum absolute atomic E-state index is 0.0252. The smallest absolute Gasteiger partial charge is 0.116 e. The second-order valence-electron chi connectivity index (χ2n) is 2.10. The van der Waals surface area contributed by atoms with Crippen molar-refractivity contribution in [2.45, 2.75) is 13.0 Å². The highest BCUT2D eigenvalue weighted by Crippen LogP contribution is 2.11. The second-order valence-corrected chi connectivity index (χ2v) is 2.99. The van der Waals surface area contributed by atoms with Gasteiger partial charge in [-0.15, -0.1) is 11.3 Å². The monoisotopic (exact) mass is 180 g/mol. The van der Waals surface area contributed by atoms with Crippen LogP contribution in [0, 0.1) is 11.3 Å². The molecule has 0 aliphatic heterocycles. The Morgan fingerprint density at radius 1 is 1.75 bits per heavy atom. The Morgan fingerprint density at radius 2 is 2.58 bits per heavy atom. The molecule has 0 aromatic carbocycles. The van der Waals surface area contributed by atoms with Crippen molar-refractivity contribution in [1.82, 2.24) is 4.98 Å². The number of aromatic nitrogens is 1. The average molecular weight is 180 g/mol. The zero-order chi connectivity index (χ0) is 8.81. The minimum atomic E-state index is -0.0252. The van der Waals surface area contributed by atoms with E-state index in [1.807, 2.05) is 6.07 Å². The largest absolute Gasteiger partial charge is 0.390 e. The van der Waals surface area contributed by atoms with Crippen LogP contribution >= 0.6 is 11.3 Å². The van der Waals surface area contributed by atoms with Crippen molar-refractivity contribution in [3.05, 3.63) is 22.2 Å². The van der Waals surface area contributed by atoms with Gasteiger partial charge in [0.1, 0.15) is 5.01 Å². The molecule has 0 saturated heterocycles. The molecule has 0 amide bonds. The summed E-state index contributed by atoms with van der Waals surface area (Å²) in [6.07, 6.45) is 3.93. The molecule has 0 spiro atoms. The Hall–Kier alpha value is -1.18. The van der Waals surface area contributed by atoms with Gasteiger partial charge in [0.25, 0.3) is 0 Å². The van der Waals surface area contributed by atoms with Crippen LogP contribution in [0.3, 0.4) is 0 Å². The molecule has 1 rings (SSSR count). The van der Waals surface area contributed by atoms with E-state index in [1.165, 1.54) is 11.3 Å². The maximum Gasteiger partial charge on any atom is 0.116 e. The van der Waals surface area contributed by atoms with Crippen molar-refractivity contribution in [2.24, 2.45) is 0 Å². The Labute approximate surface area is 74.6 Å². The molecule has 0 saturated carbocycles. The molecule has 0 fully saturated rings. The number of aliphatic hydroxyl groups is 1.